The van der Waals surface area contributed by atoms with Crippen molar-refractivity contribution in [1.29, 1.82) is 0 Å². The molecule has 1 amide bonds. The highest BCUT2D eigenvalue weighted by atomic mass is 32.2. The maximum atomic E-state index is 12.4. The van der Waals surface area contributed by atoms with Crippen LogP contribution in [-0.2, 0) is 25.8 Å². The molecule has 1 aromatic carbocycles. The maximum absolute atomic E-state index is 12.4. The van der Waals surface area contributed by atoms with Gasteiger partial charge in [-0.25, -0.2) is 8.42 Å². The van der Waals surface area contributed by atoms with E-state index in [2.05, 4.69) is 0 Å². The Labute approximate surface area is 135 Å². The molecule has 23 heavy (non-hydrogen) atoms. The van der Waals surface area contributed by atoms with Gasteiger partial charge in [-0.2, -0.15) is 0 Å². The highest BCUT2D eigenvalue weighted by Gasteiger charge is 2.27. The monoisotopic (exact) mass is 341 g/mol. The van der Waals surface area contributed by atoms with Crippen LogP contribution >= 0.6 is 0 Å². The average molecular weight is 341 g/mol. The van der Waals surface area contributed by atoms with E-state index in [1.54, 1.807) is 17.0 Å². The van der Waals surface area contributed by atoms with Crippen molar-refractivity contribution in [3.63, 3.8) is 0 Å². The van der Waals surface area contributed by atoms with Crippen LogP contribution in [0.25, 0.3) is 0 Å². The summed E-state index contributed by atoms with van der Waals surface area (Å²) in [5.41, 5.74) is 0.838. The molecule has 8 heteroatoms. The second-order valence-corrected chi connectivity index (χ2v) is 7.97. The SMILES string of the molecule is CS(=O)(=O)CC1CN(C(=O)Cc2ccc3c(c2)OCO3)CCO1. The van der Waals surface area contributed by atoms with E-state index < -0.39 is 15.9 Å². The van der Waals surface area contributed by atoms with Crippen LogP contribution in [0.4, 0.5) is 0 Å². The molecule has 2 heterocycles. The summed E-state index contributed by atoms with van der Waals surface area (Å²) >= 11 is 0. The minimum Gasteiger partial charge on any atom is -0.454 e. The molecule has 3 rings (SSSR count). The van der Waals surface area contributed by atoms with Crippen molar-refractivity contribution in [3.8, 4) is 11.5 Å². The third kappa shape index (κ3) is 4.14. The Kier molecular flexibility index (Phi) is 4.45. The van der Waals surface area contributed by atoms with Gasteiger partial charge in [0.2, 0.25) is 12.7 Å². The van der Waals surface area contributed by atoms with Gasteiger partial charge in [0.05, 0.1) is 24.9 Å². The summed E-state index contributed by atoms with van der Waals surface area (Å²) < 4.78 is 38.7. The normalized spacial score (nSPS) is 20.6. The number of sulfone groups is 1. The lowest BCUT2D eigenvalue weighted by atomic mass is 10.1. The van der Waals surface area contributed by atoms with Crippen LogP contribution in [0.2, 0.25) is 0 Å². The summed E-state index contributed by atoms with van der Waals surface area (Å²) in [4.78, 5) is 14.1. The molecule has 1 atom stereocenters. The molecule has 0 saturated carbocycles. The van der Waals surface area contributed by atoms with Crippen LogP contribution in [0.1, 0.15) is 5.56 Å². The average Bonchev–Trinajstić information content (AvgIpc) is 2.93. The molecule has 0 aliphatic carbocycles. The zero-order valence-electron chi connectivity index (χ0n) is 12.9. The molecule has 1 aromatic rings. The van der Waals surface area contributed by atoms with Gasteiger partial charge in [-0.05, 0) is 17.7 Å². The molecule has 1 fully saturated rings. The molecule has 2 aliphatic rings. The van der Waals surface area contributed by atoms with Gasteiger partial charge in [0, 0.05) is 19.3 Å². The molecular weight excluding hydrogens is 322 g/mol. The van der Waals surface area contributed by atoms with Crippen LogP contribution in [0.15, 0.2) is 18.2 Å². The van der Waals surface area contributed by atoms with Crippen molar-refractivity contribution in [1.82, 2.24) is 4.90 Å². The smallest absolute Gasteiger partial charge is 0.231 e. The number of ether oxygens (including phenoxy) is 3. The largest absolute Gasteiger partial charge is 0.454 e. The third-order valence-electron chi connectivity index (χ3n) is 3.77. The predicted molar refractivity (Wildman–Crippen MR) is 82.3 cm³/mol. The van der Waals surface area contributed by atoms with Crippen LogP contribution in [0.5, 0.6) is 11.5 Å². The molecular formula is C15H19NO6S. The molecule has 0 aromatic heterocycles. The minimum atomic E-state index is -3.13. The number of nitrogens with zero attached hydrogens (tertiary/aromatic N) is 1. The molecule has 126 valence electrons. The maximum Gasteiger partial charge on any atom is 0.231 e. The van der Waals surface area contributed by atoms with Gasteiger partial charge in [0.25, 0.3) is 0 Å². The van der Waals surface area contributed by atoms with Gasteiger partial charge in [-0.15, -0.1) is 0 Å². The van der Waals surface area contributed by atoms with Crippen molar-refractivity contribution in [2.24, 2.45) is 0 Å². The highest BCUT2D eigenvalue weighted by molar-refractivity contribution is 7.90. The first-order valence-electron chi connectivity index (χ1n) is 7.36. The van der Waals surface area contributed by atoms with Gasteiger partial charge in [0.1, 0.15) is 9.84 Å². The summed E-state index contributed by atoms with van der Waals surface area (Å²) in [6, 6.07) is 5.42. The Morgan fingerprint density at radius 2 is 2.09 bits per heavy atom. The van der Waals surface area contributed by atoms with E-state index in [1.807, 2.05) is 6.07 Å². The number of hydrogen-bond acceptors (Lipinski definition) is 6. The number of rotatable bonds is 4. The van der Waals surface area contributed by atoms with E-state index >= 15 is 0 Å². The molecule has 0 radical (unpaired) electrons. The Balaban J connectivity index is 1.61. The number of amides is 1. The van der Waals surface area contributed by atoms with Crippen LogP contribution in [-0.4, -0.2) is 63.8 Å². The van der Waals surface area contributed by atoms with Crippen LogP contribution < -0.4 is 9.47 Å². The summed E-state index contributed by atoms with van der Waals surface area (Å²) in [5, 5.41) is 0. The summed E-state index contributed by atoms with van der Waals surface area (Å²) in [7, 11) is -3.13. The van der Waals surface area contributed by atoms with Gasteiger partial charge >= 0.3 is 0 Å². The van der Waals surface area contributed by atoms with E-state index in [0.29, 0.717) is 31.2 Å². The lowest BCUT2D eigenvalue weighted by molar-refractivity contribution is -0.137. The van der Waals surface area contributed by atoms with Gasteiger partial charge in [-0.1, -0.05) is 6.07 Å². The van der Waals surface area contributed by atoms with E-state index in [1.165, 1.54) is 6.26 Å². The number of carbonyl (C=O) groups excluding carboxylic acids is 1. The van der Waals surface area contributed by atoms with Gasteiger partial charge < -0.3 is 19.1 Å². The fraction of sp³-hybridized carbons (Fsp3) is 0.533. The van der Waals surface area contributed by atoms with Crippen molar-refractivity contribution >= 4 is 15.7 Å². The zero-order chi connectivity index (χ0) is 16.4. The number of morpholine rings is 1. The van der Waals surface area contributed by atoms with E-state index in [-0.39, 0.29) is 24.9 Å². The summed E-state index contributed by atoms with van der Waals surface area (Å²) in [6.07, 6.45) is 0.950. The number of hydrogen-bond donors (Lipinski definition) is 0. The zero-order valence-corrected chi connectivity index (χ0v) is 13.7. The number of benzene rings is 1. The number of carbonyl (C=O) groups is 1. The predicted octanol–water partition coefficient (Wildman–Crippen LogP) is 0.230. The third-order valence-corrected chi connectivity index (χ3v) is 4.75. The fourth-order valence-corrected chi connectivity index (χ4v) is 3.60. The number of fused-ring (bicyclic) bond motifs is 1. The minimum absolute atomic E-state index is 0.0503. The molecule has 0 N–H and O–H groups in total. The molecule has 7 nitrogen and oxygen atoms in total. The van der Waals surface area contributed by atoms with E-state index in [9.17, 15) is 13.2 Å². The van der Waals surface area contributed by atoms with Crippen molar-refractivity contribution < 1.29 is 27.4 Å². The van der Waals surface area contributed by atoms with E-state index in [4.69, 9.17) is 14.2 Å². The molecule has 1 saturated heterocycles. The highest BCUT2D eigenvalue weighted by Crippen LogP contribution is 2.32. The molecule has 1 unspecified atom stereocenters. The Morgan fingerprint density at radius 1 is 1.30 bits per heavy atom. The van der Waals surface area contributed by atoms with Crippen molar-refractivity contribution in [2.75, 3.05) is 38.5 Å². The molecule has 0 bridgehead atoms. The lowest BCUT2D eigenvalue weighted by Gasteiger charge is -2.32. The second-order valence-electron chi connectivity index (χ2n) is 5.79. The first kappa shape index (κ1) is 16.1. The lowest BCUT2D eigenvalue weighted by Crippen LogP contribution is -2.48. The second kappa shape index (κ2) is 6.37. The van der Waals surface area contributed by atoms with Gasteiger partial charge in [-0.3, -0.25) is 4.79 Å². The molecule has 0 spiro atoms. The molecule has 2 aliphatic heterocycles. The topological polar surface area (TPSA) is 82.1 Å². The Hall–Kier alpha value is -1.80. The standard InChI is InChI=1S/C15H19NO6S/c1-23(18,19)9-12-8-16(4-5-20-12)15(17)7-11-2-3-13-14(6-11)22-10-21-13/h2-3,6,12H,4-5,7-10H2,1H3. The first-order chi connectivity index (χ1) is 10.9. The Bertz CT molecular complexity index is 702. The Morgan fingerprint density at radius 3 is 2.87 bits per heavy atom. The van der Waals surface area contributed by atoms with Crippen molar-refractivity contribution in [3.05, 3.63) is 23.8 Å². The fourth-order valence-electron chi connectivity index (χ4n) is 2.72. The quantitative estimate of drug-likeness (QED) is 0.780. The van der Waals surface area contributed by atoms with Crippen molar-refractivity contribution in [2.45, 2.75) is 12.5 Å². The summed E-state index contributed by atoms with van der Waals surface area (Å²) in [5.74, 6) is 1.21. The van der Waals surface area contributed by atoms with Gasteiger partial charge in [0.15, 0.2) is 11.5 Å². The van der Waals surface area contributed by atoms with Crippen LogP contribution in [0.3, 0.4) is 0 Å². The van der Waals surface area contributed by atoms with E-state index in [0.717, 1.165) is 5.56 Å². The first-order valence-corrected chi connectivity index (χ1v) is 9.42. The summed E-state index contributed by atoms with van der Waals surface area (Å²) in [6.45, 7) is 1.33. The van der Waals surface area contributed by atoms with Crippen LogP contribution in [0, 0.1) is 0 Å².